The van der Waals surface area contributed by atoms with E-state index in [2.05, 4.69) is 21.4 Å². The Morgan fingerprint density at radius 2 is 2.10 bits per heavy atom. The molecule has 0 radical (unpaired) electrons. The average Bonchev–Trinajstić information content (AvgIpc) is 2.80. The van der Waals surface area contributed by atoms with Gasteiger partial charge in [-0.1, -0.05) is 22.9 Å². The smallest absolute Gasteiger partial charge is 0.189 e. The number of aromatic nitrogens is 2. The lowest BCUT2D eigenvalue weighted by atomic mass is 10.2. The van der Waals surface area contributed by atoms with Gasteiger partial charge in [0.05, 0.1) is 15.8 Å². The quantitative estimate of drug-likeness (QED) is 0.768. The Morgan fingerprint density at radius 3 is 2.90 bits per heavy atom. The number of hydrogen-bond donors (Lipinski definition) is 1. The summed E-state index contributed by atoms with van der Waals surface area (Å²) in [6.07, 6.45) is 0. The predicted molar refractivity (Wildman–Crippen MR) is 81.6 cm³/mol. The van der Waals surface area contributed by atoms with Crippen molar-refractivity contribution in [1.29, 1.82) is 5.26 Å². The molecule has 0 unspecified atom stereocenters. The largest absolute Gasteiger partial charge is 0.315 e. The van der Waals surface area contributed by atoms with Gasteiger partial charge in [-0.05, 0) is 37.3 Å². The fraction of sp³-hybridized carbons (Fsp3) is 0.0714. The molecule has 3 aromatic rings. The summed E-state index contributed by atoms with van der Waals surface area (Å²) in [6.45, 7) is 1.88. The van der Waals surface area contributed by atoms with Crippen LogP contribution in [0.3, 0.4) is 0 Å². The van der Waals surface area contributed by atoms with Crippen LogP contribution in [-0.2, 0) is 0 Å². The van der Waals surface area contributed by atoms with Gasteiger partial charge in [0.2, 0.25) is 0 Å². The van der Waals surface area contributed by atoms with Crippen LogP contribution < -0.4 is 5.32 Å². The molecule has 2 heterocycles. The van der Waals surface area contributed by atoms with Crippen molar-refractivity contribution in [1.82, 2.24) is 9.97 Å². The van der Waals surface area contributed by atoms with E-state index in [1.165, 1.54) is 11.3 Å². The first kappa shape index (κ1) is 12.9. The van der Waals surface area contributed by atoms with Gasteiger partial charge in [0.15, 0.2) is 5.13 Å². The highest BCUT2D eigenvalue weighted by atomic mass is 35.5. The maximum atomic E-state index is 9.10. The molecule has 20 heavy (non-hydrogen) atoms. The molecule has 1 aromatic carbocycles. The van der Waals surface area contributed by atoms with E-state index in [1.807, 2.05) is 25.1 Å². The summed E-state index contributed by atoms with van der Waals surface area (Å²) in [7, 11) is 0. The minimum atomic E-state index is 0.493. The Bertz CT molecular complexity index is 835. The average molecular weight is 301 g/mol. The Kier molecular flexibility index (Phi) is 3.26. The molecule has 0 aliphatic rings. The lowest BCUT2D eigenvalue weighted by Gasteiger charge is -2.04. The molecule has 98 valence electrons. The number of pyridine rings is 1. The summed E-state index contributed by atoms with van der Waals surface area (Å²) in [4.78, 5) is 8.79. The SMILES string of the molecule is Cc1ccc(C#N)c(Nc2nc3ccc(Cl)cc3s2)n1. The molecule has 0 saturated heterocycles. The number of nitrogens with one attached hydrogen (secondary N) is 1. The molecule has 2 aromatic heterocycles. The Balaban J connectivity index is 2.01. The first-order chi connectivity index (χ1) is 9.65. The van der Waals surface area contributed by atoms with Gasteiger partial charge in [-0.2, -0.15) is 5.26 Å². The molecule has 0 atom stereocenters. The fourth-order valence-electron chi connectivity index (χ4n) is 1.80. The van der Waals surface area contributed by atoms with E-state index in [-0.39, 0.29) is 0 Å². The van der Waals surface area contributed by atoms with E-state index in [0.717, 1.165) is 15.9 Å². The fourth-order valence-corrected chi connectivity index (χ4v) is 2.94. The summed E-state index contributed by atoms with van der Waals surface area (Å²) < 4.78 is 0.992. The number of rotatable bonds is 2. The van der Waals surface area contributed by atoms with Crippen LogP contribution in [0.5, 0.6) is 0 Å². The Labute approximate surface area is 124 Å². The van der Waals surface area contributed by atoms with Crippen molar-refractivity contribution in [2.24, 2.45) is 0 Å². The third-order valence-corrected chi connectivity index (χ3v) is 3.90. The van der Waals surface area contributed by atoms with Gasteiger partial charge in [-0.25, -0.2) is 9.97 Å². The molecule has 4 nitrogen and oxygen atoms in total. The highest BCUT2D eigenvalue weighted by Crippen LogP contribution is 2.30. The Morgan fingerprint density at radius 1 is 1.25 bits per heavy atom. The van der Waals surface area contributed by atoms with Crippen molar-refractivity contribution in [3.8, 4) is 6.07 Å². The van der Waals surface area contributed by atoms with E-state index in [4.69, 9.17) is 16.9 Å². The molecule has 3 rings (SSSR count). The van der Waals surface area contributed by atoms with Gasteiger partial charge in [0.25, 0.3) is 0 Å². The third-order valence-electron chi connectivity index (χ3n) is 2.73. The number of thiazole rings is 1. The molecule has 0 bridgehead atoms. The standard InChI is InChI=1S/C14H9ClN4S/c1-8-2-3-9(7-16)13(17-8)19-14-18-11-5-4-10(15)6-12(11)20-14/h2-6H,1H3,(H,17,18,19). The zero-order chi connectivity index (χ0) is 14.1. The first-order valence-electron chi connectivity index (χ1n) is 5.86. The van der Waals surface area contributed by atoms with Crippen molar-refractivity contribution < 1.29 is 0 Å². The minimum absolute atomic E-state index is 0.493. The summed E-state index contributed by atoms with van der Waals surface area (Å²) in [5.74, 6) is 0.526. The van der Waals surface area contributed by atoms with Gasteiger partial charge >= 0.3 is 0 Å². The monoisotopic (exact) mass is 300 g/mol. The molecular formula is C14H9ClN4S. The number of nitriles is 1. The second-order valence-electron chi connectivity index (χ2n) is 4.22. The summed E-state index contributed by atoms with van der Waals surface area (Å²) in [6, 6.07) is 11.2. The van der Waals surface area contributed by atoms with Gasteiger partial charge in [-0.15, -0.1) is 0 Å². The Hall–Kier alpha value is -2.16. The van der Waals surface area contributed by atoms with E-state index < -0.39 is 0 Å². The van der Waals surface area contributed by atoms with Crippen LogP contribution in [0.1, 0.15) is 11.3 Å². The van der Waals surface area contributed by atoms with Crippen molar-refractivity contribution in [2.75, 3.05) is 5.32 Å². The second-order valence-corrected chi connectivity index (χ2v) is 5.68. The molecule has 0 aliphatic carbocycles. The lowest BCUT2D eigenvalue weighted by molar-refractivity contribution is 1.18. The summed E-state index contributed by atoms with van der Waals surface area (Å²) in [5.41, 5.74) is 2.21. The van der Waals surface area contributed by atoms with E-state index in [0.29, 0.717) is 21.5 Å². The van der Waals surface area contributed by atoms with Crippen molar-refractivity contribution in [3.63, 3.8) is 0 Å². The molecule has 0 aliphatic heterocycles. The maximum Gasteiger partial charge on any atom is 0.189 e. The van der Waals surface area contributed by atoms with Gasteiger partial charge in [0, 0.05) is 10.7 Å². The molecule has 0 spiro atoms. The van der Waals surface area contributed by atoms with E-state index in [1.54, 1.807) is 12.1 Å². The van der Waals surface area contributed by atoms with Crippen LogP contribution in [-0.4, -0.2) is 9.97 Å². The van der Waals surface area contributed by atoms with Gasteiger partial charge in [0.1, 0.15) is 11.9 Å². The van der Waals surface area contributed by atoms with E-state index in [9.17, 15) is 0 Å². The topological polar surface area (TPSA) is 61.6 Å². The van der Waals surface area contributed by atoms with Crippen LogP contribution in [0, 0.1) is 18.3 Å². The maximum absolute atomic E-state index is 9.10. The van der Waals surface area contributed by atoms with Crippen molar-refractivity contribution >= 4 is 44.1 Å². The van der Waals surface area contributed by atoms with Crippen molar-refractivity contribution in [2.45, 2.75) is 6.92 Å². The molecule has 6 heteroatoms. The highest BCUT2D eigenvalue weighted by molar-refractivity contribution is 7.22. The number of nitrogens with zero attached hydrogens (tertiary/aromatic N) is 3. The zero-order valence-corrected chi connectivity index (χ0v) is 12.1. The van der Waals surface area contributed by atoms with E-state index >= 15 is 0 Å². The molecule has 0 saturated carbocycles. The van der Waals surface area contributed by atoms with Gasteiger partial charge < -0.3 is 5.32 Å². The number of fused-ring (bicyclic) bond motifs is 1. The number of aryl methyl sites for hydroxylation is 1. The highest BCUT2D eigenvalue weighted by Gasteiger charge is 2.09. The summed E-state index contributed by atoms with van der Waals surface area (Å²) >= 11 is 7.43. The zero-order valence-electron chi connectivity index (χ0n) is 10.5. The van der Waals surface area contributed by atoms with Crippen LogP contribution in [0.25, 0.3) is 10.2 Å². The van der Waals surface area contributed by atoms with Crippen LogP contribution in [0.4, 0.5) is 10.9 Å². The number of halogens is 1. The molecule has 0 amide bonds. The summed E-state index contributed by atoms with van der Waals surface area (Å²) in [5, 5.41) is 13.6. The minimum Gasteiger partial charge on any atom is -0.315 e. The molecular weight excluding hydrogens is 292 g/mol. The van der Waals surface area contributed by atoms with Crippen molar-refractivity contribution in [3.05, 3.63) is 46.6 Å². The molecule has 1 N–H and O–H groups in total. The van der Waals surface area contributed by atoms with Gasteiger partial charge in [-0.3, -0.25) is 0 Å². The first-order valence-corrected chi connectivity index (χ1v) is 7.06. The molecule has 0 fully saturated rings. The predicted octanol–water partition coefficient (Wildman–Crippen LogP) is 4.27. The number of benzene rings is 1. The third kappa shape index (κ3) is 2.44. The van der Waals surface area contributed by atoms with Crippen LogP contribution in [0.2, 0.25) is 5.02 Å². The number of anilines is 2. The second kappa shape index (κ2) is 5.08. The lowest BCUT2D eigenvalue weighted by Crippen LogP contribution is -1.97. The normalized spacial score (nSPS) is 10.4. The van der Waals surface area contributed by atoms with Crippen LogP contribution >= 0.6 is 22.9 Å². The van der Waals surface area contributed by atoms with Crippen LogP contribution in [0.15, 0.2) is 30.3 Å². The number of hydrogen-bond acceptors (Lipinski definition) is 5.